The fraction of sp³-hybridized carbons (Fsp3) is 0.412. The maximum absolute atomic E-state index is 12.2. The first-order chi connectivity index (χ1) is 11.7. The van der Waals surface area contributed by atoms with Crippen molar-refractivity contribution >= 4 is 22.4 Å². The summed E-state index contributed by atoms with van der Waals surface area (Å²) in [5, 5.41) is 3.57. The molecule has 0 atom stereocenters. The molecular formula is C17H22N3O3S+. The number of nitrogens with zero attached hydrogens (tertiary/aromatic N) is 1. The maximum atomic E-state index is 12.2. The lowest BCUT2D eigenvalue weighted by Crippen LogP contribution is -3.15. The highest BCUT2D eigenvalue weighted by Crippen LogP contribution is 2.31. The van der Waals surface area contributed by atoms with E-state index in [4.69, 9.17) is 9.47 Å². The number of nitrogens with one attached hydrogen (secondary N) is 2. The first kappa shape index (κ1) is 16.9. The number of carbonyl (C=O) groups excluding carboxylic acids is 1. The van der Waals surface area contributed by atoms with Crippen molar-refractivity contribution in [2.45, 2.75) is 6.92 Å². The molecule has 7 heteroatoms. The Morgan fingerprint density at radius 3 is 2.71 bits per heavy atom. The lowest BCUT2D eigenvalue weighted by Gasteiger charge is -2.22. The van der Waals surface area contributed by atoms with Crippen LogP contribution >= 0.6 is 11.3 Å². The zero-order chi connectivity index (χ0) is 16.9. The summed E-state index contributed by atoms with van der Waals surface area (Å²) in [4.78, 5) is 19.1. The van der Waals surface area contributed by atoms with E-state index in [1.807, 2.05) is 31.2 Å². The third kappa shape index (κ3) is 4.11. The molecule has 128 valence electrons. The summed E-state index contributed by atoms with van der Waals surface area (Å²) in [6.45, 7) is 5.67. The lowest BCUT2D eigenvalue weighted by molar-refractivity contribution is -0.899. The average molecular weight is 348 g/mol. The number of methoxy groups -OCH3 is 1. The normalized spacial score (nSPS) is 15.2. The van der Waals surface area contributed by atoms with Crippen LogP contribution in [0.25, 0.3) is 11.3 Å². The Balaban J connectivity index is 1.65. The topological polar surface area (TPSA) is 64.9 Å². The molecule has 0 aliphatic carbocycles. The molecule has 6 nitrogen and oxygen atoms in total. The Hall–Kier alpha value is -1.96. The fourth-order valence-corrected chi connectivity index (χ4v) is 3.55. The number of hydrogen-bond donors (Lipinski definition) is 2. The van der Waals surface area contributed by atoms with E-state index in [9.17, 15) is 4.79 Å². The lowest BCUT2D eigenvalue weighted by atomic mass is 10.1. The number of thiazole rings is 1. The second-order valence-corrected chi connectivity index (χ2v) is 6.94. The molecule has 1 aromatic carbocycles. The number of rotatable bonds is 5. The Morgan fingerprint density at radius 1 is 1.33 bits per heavy atom. The van der Waals surface area contributed by atoms with Crippen LogP contribution in [0.4, 0.5) is 5.13 Å². The summed E-state index contributed by atoms with van der Waals surface area (Å²) in [6, 6.07) is 7.77. The van der Waals surface area contributed by atoms with E-state index >= 15 is 0 Å². The van der Waals surface area contributed by atoms with Gasteiger partial charge in [0.1, 0.15) is 18.8 Å². The van der Waals surface area contributed by atoms with Crippen LogP contribution < -0.4 is 15.0 Å². The molecule has 2 N–H and O–H groups in total. The summed E-state index contributed by atoms with van der Waals surface area (Å²) in [7, 11) is 1.65. The molecule has 24 heavy (non-hydrogen) atoms. The highest BCUT2D eigenvalue weighted by Gasteiger charge is 2.19. The Bertz CT molecular complexity index is 694. The number of benzene rings is 1. The molecule has 1 aromatic heterocycles. The van der Waals surface area contributed by atoms with Crippen molar-refractivity contribution in [1.82, 2.24) is 4.98 Å². The molecule has 3 rings (SSSR count). The number of anilines is 1. The number of amides is 1. The number of hydrogen-bond acceptors (Lipinski definition) is 5. The Morgan fingerprint density at radius 2 is 2.04 bits per heavy atom. The molecule has 0 unspecified atom stereocenters. The first-order valence-corrected chi connectivity index (χ1v) is 8.80. The molecule has 0 saturated carbocycles. The van der Waals surface area contributed by atoms with Crippen LogP contribution in [0.2, 0.25) is 0 Å². The van der Waals surface area contributed by atoms with E-state index in [-0.39, 0.29) is 5.91 Å². The summed E-state index contributed by atoms with van der Waals surface area (Å²) < 4.78 is 10.5. The minimum absolute atomic E-state index is 0.00179. The van der Waals surface area contributed by atoms with E-state index in [1.54, 1.807) is 7.11 Å². The van der Waals surface area contributed by atoms with Crippen molar-refractivity contribution in [3.8, 4) is 17.0 Å². The van der Waals surface area contributed by atoms with Gasteiger partial charge < -0.3 is 14.4 Å². The van der Waals surface area contributed by atoms with E-state index in [0.717, 1.165) is 48.2 Å². The predicted molar refractivity (Wildman–Crippen MR) is 93.9 cm³/mol. The summed E-state index contributed by atoms with van der Waals surface area (Å²) in [5.74, 6) is 0.815. The second kappa shape index (κ2) is 7.74. The van der Waals surface area contributed by atoms with E-state index < -0.39 is 0 Å². The van der Waals surface area contributed by atoms with Crippen molar-refractivity contribution in [2.24, 2.45) is 0 Å². The number of quaternary nitrogens is 1. The molecule has 0 spiro atoms. The quantitative estimate of drug-likeness (QED) is 0.846. The molecule has 1 aliphatic heterocycles. The summed E-state index contributed by atoms with van der Waals surface area (Å²) >= 11 is 1.50. The smallest absolute Gasteiger partial charge is 0.281 e. The molecule has 2 aromatic rings. The van der Waals surface area contributed by atoms with Gasteiger partial charge in [-0.05, 0) is 31.2 Å². The van der Waals surface area contributed by atoms with Gasteiger partial charge in [-0.2, -0.15) is 0 Å². The Kier molecular flexibility index (Phi) is 5.44. The Labute approximate surface area is 145 Å². The third-order valence-electron chi connectivity index (χ3n) is 4.02. The van der Waals surface area contributed by atoms with Gasteiger partial charge in [-0.3, -0.25) is 10.1 Å². The summed E-state index contributed by atoms with van der Waals surface area (Å²) in [5.41, 5.74) is 1.92. The molecule has 0 bridgehead atoms. The van der Waals surface area contributed by atoms with Crippen molar-refractivity contribution in [3.63, 3.8) is 0 Å². The number of ether oxygens (including phenoxy) is 2. The van der Waals surface area contributed by atoms with Crippen molar-refractivity contribution in [1.29, 1.82) is 0 Å². The van der Waals surface area contributed by atoms with Crippen LogP contribution in [-0.2, 0) is 9.53 Å². The molecule has 1 amide bonds. The van der Waals surface area contributed by atoms with Crippen LogP contribution in [0.5, 0.6) is 5.75 Å². The molecule has 1 saturated heterocycles. The van der Waals surface area contributed by atoms with Crippen molar-refractivity contribution in [2.75, 3.05) is 45.3 Å². The molecule has 2 heterocycles. The van der Waals surface area contributed by atoms with Crippen LogP contribution in [0.15, 0.2) is 24.3 Å². The standard InChI is InChI=1S/C17H21N3O3S/c1-12-16(13-3-5-14(22-2)6-4-13)19-17(24-12)18-15(21)11-20-7-9-23-10-8-20/h3-6H,7-11H2,1-2H3,(H,18,19,21)/p+1. The molecule has 0 radical (unpaired) electrons. The fourth-order valence-electron chi connectivity index (χ4n) is 2.69. The van der Waals surface area contributed by atoms with Gasteiger partial charge in [0.15, 0.2) is 11.7 Å². The van der Waals surface area contributed by atoms with Crippen molar-refractivity contribution < 1.29 is 19.2 Å². The maximum Gasteiger partial charge on any atom is 0.281 e. The monoisotopic (exact) mass is 348 g/mol. The predicted octanol–water partition coefficient (Wildman–Crippen LogP) is 0.981. The first-order valence-electron chi connectivity index (χ1n) is 7.98. The third-order valence-corrected chi connectivity index (χ3v) is 4.90. The molecule has 1 aliphatic rings. The number of aromatic nitrogens is 1. The number of morpholine rings is 1. The van der Waals surface area contributed by atoms with Gasteiger partial charge in [0.05, 0.1) is 26.0 Å². The van der Waals surface area contributed by atoms with Gasteiger partial charge in [0.2, 0.25) is 0 Å². The largest absolute Gasteiger partial charge is 0.497 e. The van der Waals surface area contributed by atoms with Crippen molar-refractivity contribution in [3.05, 3.63) is 29.1 Å². The van der Waals surface area contributed by atoms with E-state index in [0.29, 0.717) is 11.7 Å². The highest BCUT2D eigenvalue weighted by molar-refractivity contribution is 7.16. The minimum atomic E-state index is 0.00179. The van der Waals surface area contributed by atoms with Crippen LogP contribution in [-0.4, -0.2) is 50.8 Å². The summed E-state index contributed by atoms with van der Waals surface area (Å²) in [6.07, 6.45) is 0. The second-order valence-electron chi connectivity index (χ2n) is 5.74. The average Bonchev–Trinajstić information content (AvgIpc) is 2.96. The van der Waals surface area contributed by atoms with E-state index in [1.165, 1.54) is 16.2 Å². The SMILES string of the molecule is COc1ccc(-c2nc(NC(=O)C[NH+]3CCOCC3)sc2C)cc1. The van der Waals surface area contributed by atoms with Gasteiger partial charge in [-0.25, -0.2) is 4.98 Å². The minimum Gasteiger partial charge on any atom is -0.497 e. The van der Waals surface area contributed by atoms with Gasteiger partial charge in [0, 0.05) is 10.4 Å². The van der Waals surface area contributed by atoms with Gasteiger partial charge >= 0.3 is 0 Å². The molecular weight excluding hydrogens is 326 g/mol. The number of carbonyl (C=O) groups is 1. The van der Waals surface area contributed by atoms with E-state index in [2.05, 4.69) is 10.3 Å². The van der Waals surface area contributed by atoms with Gasteiger partial charge in [-0.1, -0.05) is 0 Å². The van der Waals surface area contributed by atoms with Crippen LogP contribution in [0, 0.1) is 6.92 Å². The molecule has 1 fully saturated rings. The zero-order valence-corrected chi connectivity index (χ0v) is 14.7. The van der Waals surface area contributed by atoms with Gasteiger partial charge in [0.25, 0.3) is 5.91 Å². The zero-order valence-electron chi connectivity index (χ0n) is 13.9. The number of aryl methyl sites for hydroxylation is 1. The highest BCUT2D eigenvalue weighted by atomic mass is 32.1. The van der Waals surface area contributed by atoms with Crippen LogP contribution in [0.1, 0.15) is 4.88 Å². The van der Waals surface area contributed by atoms with Crippen LogP contribution in [0.3, 0.4) is 0 Å². The van der Waals surface area contributed by atoms with Gasteiger partial charge in [-0.15, -0.1) is 11.3 Å².